The van der Waals surface area contributed by atoms with Crippen molar-refractivity contribution < 1.29 is 9.47 Å². The topological polar surface area (TPSA) is 85.5 Å². The molecule has 0 aliphatic carbocycles. The lowest BCUT2D eigenvalue weighted by atomic mass is 10.2. The summed E-state index contributed by atoms with van der Waals surface area (Å²) in [6.07, 6.45) is 1.50. The molecule has 1 aromatic carbocycles. The van der Waals surface area contributed by atoms with E-state index in [0.29, 0.717) is 23.0 Å². The summed E-state index contributed by atoms with van der Waals surface area (Å²) >= 11 is 0. The molecule has 0 bridgehead atoms. The number of hydrogen-bond donors (Lipinski definition) is 2. The molecule has 7 heteroatoms. The van der Waals surface area contributed by atoms with Gasteiger partial charge in [0.1, 0.15) is 23.5 Å². The van der Waals surface area contributed by atoms with Crippen LogP contribution in [0.3, 0.4) is 0 Å². The van der Waals surface area contributed by atoms with Crippen molar-refractivity contribution in [2.45, 2.75) is 13.8 Å². The number of rotatable bonds is 7. The zero-order valence-electron chi connectivity index (χ0n) is 14.0. The molecule has 2 rings (SSSR count). The number of nitrogens with zero attached hydrogens (tertiary/aromatic N) is 3. The Morgan fingerprint density at radius 2 is 1.87 bits per heavy atom. The first kappa shape index (κ1) is 16.7. The van der Waals surface area contributed by atoms with E-state index < -0.39 is 0 Å². The van der Waals surface area contributed by atoms with Crippen molar-refractivity contribution in [3.05, 3.63) is 24.5 Å². The first-order valence-corrected chi connectivity index (χ1v) is 7.49. The third-order valence-corrected chi connectivity index (χ3v) is 3.59. The van der Waals surface area contributed by atoms with Gasteiger partial charge in [-0.25, -0.2) is 9.97 Å². The maximum absolute atomic E-state index is 6.24. The Morgan fingerprint density at radius 3 is 2.48 bits per heavy atom. The van der Waals surface area contributed by atoms with Crippen molar-refractivity contribution >= 4 is 23.0 Å². The number of anilines is 4. The van der Waals surface area contributed by atoms with Gasteiger partial charge in [0.2, 0.25) is 0 Å². The van der Waals surface area contributed by atoms with Gasteiger partial charge in [0.15, 0.2) is 11.6 Å². The molecule has 23 heavy (non-hydrogen) atoms. The maximum Gasteiger partial charge on any atom is 0.159 e. The number of aromatic nitrogens is 2. The van der Waals surface area contributed by atoms with Crippen LogP contribution < -0.4 is 25.4 Å². The predicted octanol–water partition coefficient (Wildman–Crippen LogP) is 2.67. The molecule has 0 aliphatic heterocycles. The molecule has 0 fully saturated rings. The maximum atomic E-state index is 6.24. The van der Waals surface area contributed by atoms with Gasteiger partial charge < -0.3 is 25.4 Å². The molecule has 0 amide bonds. The van der Waals surface area contributed by atoms with E-state index in [-0.39, 0.29) is 0 Å². The molecule has 0 saturated heterocycles. The first-order chi connectivity index (χ1) is 11.1. The number of nitrogens with two attached hydrogens (primary N) is 1. The Bertz CT molecular complexity index is 659. The molecule has 1 aromatic heterocycles. The Balaban J connectivity index is 2.35. The molecular weight excluding hydrogens is 294 g/mol. The first-order valence-electron chi connectivity index (χ1n) is 7.49. The van der Waals surface area contributed by atoms with Crippen LogP contribution in [0.25, 0.3) is 0 Å². The van der Waals surface area contributed by atoms with Gasteiger partial charge in [0.25, 0.3) is 0 Å². The molecule has 0 aliphatic rings. The smallest absolute Gasteiger partial charge is 0.159 e. The van der Waals surface area contributed by atoms with Crippen LogP contribution in [0.15, 0.2) is 24.5 Å². The second-order valence-electron chi connectivity index (χ2n) is 4.82. The van der Waals surface area contributed by atoms with Crippen LogP contribution in [0.5, 0.6) is 11.5 Å². The highest BCUT2D eigenvalue weighted by Gasteiger charge is 2.14. The molecule has 0 saturated carbocycles. The van der Waals surface area contributed by atoms with E-state index in [2.05, 4.69) is 34.0 Å². The van der Waals surface area contributed by atoms with Crippen molar-refractivity contribution in [1.29, 1.82) is 0 Å². The van der Waals surface area contributed by atoms with Gasteiger partial charge in [-0.15, -0.1) is 0 Å². The second kappa shape index (κ2) is 7.53. The van der Waals surface area contributed by atoms with Crippen molar-refractivity contribution in [3.63, 3.8) is 0 Å². The van der Waals surface area contributed by atoms with Gasteiger partial charge in [-0.3, -0.25) is 0 Å². The van der Waals surface area contributed by atoms with E-state index in [1.54, 1.807) is 20.3 Å². The van der Waals surface area contributed by atoms with Gasteiger partial charge in [-0.1, -0.05) is 0 Å². The Morgan fingerprint density at radius 1 is 1.13 bits per heavy atom. The number of nitrogens with one attached hydrogen (secondary N) is 1. The van der Waals surface area contributed by atoms with Crippen molar-refractivity contribution in [2.75, 3.05) is 43.3 Å². The van der Waals surface area contributed by atoms with Crippen LogP contribution in [-0.4, -0.2) is 37.3 Å². The Hall–Kier alpha value is -2.70. The van der Waals surface area contributed by atoms with Crippen LogP contribution in [-0.2, 0) is 0 Å². The number of benzene rings is 1. The highest BCUT2D eigenvalue weighted by atomic mass is 16.5. The average molecular weight is 317 g/mol. The van der Waals surface area contributed by atoms with E-state index in [4.69, 9.17) is 15.2 Å². The average Bonchev–Trinajstić information content (AvgIpc) is 2.59. The monoisotopic (exact) mass is 317 g/mol. The highest BCUT2D eigenvalue weighted by Crippen LogP contribution is 2.34. The third-order valence-electron chi connectivity index (χ3n) is 3.59. The molecule has 0 atom stereocenters. The molecular formula is C16H23N5O2. The van der Waals surface area contributed by atoms with Gasteiger partial charge in [-0.2, -0.15) is 0 Å². The highest BCUT2D eigenvalue weighted by molar-refractivity contribution is 5.79. The lowest BCUT2D eigenvalue weighted by Gasteiger charge is -2.22. The fraction of sp³-hybridized carbons (Fsp3) is 0.375. The quantitative estimate of drug-likeness (QED) is 0.812. The summed E-state index contributed by atoms with van der Waals surface area (Å²) in [5, 5.41) is 3.20. The number of nitrogen functional groups attached to an aromatic ring is 1. The van der Waals surface area contributed by atoms with Gasteiger partial charge in [0.05, 0.1) is 19.9 Å². The van der Waals surface area contributed by atoms with Crippen LogP contribution >= 0.6 is 0 Å². The minimum absolute atomic E-state index is 0.508. The summed E-state index contributed by atoms with van der Waals surface area (Å²) in [5.41, 5.74) is 7.50. The van der Waals surface area contributed by atoms with Gasteiger partial charge in [-0.05, 0) is 26.0 Å². The third kappa shape index (κ3) is 3.56. The zero-order valence-corrected chi connectivity index (χ0v) is 14.0. The normalized spacial score (nSPS) is 10.3. The Kier molecular flexibility index (Phi) is 5.46. The van der Waals surface area contributed by atoms with E-state index in [0.717, 1.165) is 24.6 Å². The molecule has 1 heterocycles. The molecule has 0 radical (unpaired) electrons. The Labute approximate surface area is 136 Å². The minimum Gasteiger partial charge on any atom is -0.497 e. The standard InChI is InChI=1S/C16H23N5O2/c1-5-21(6-2)16-14(17)15(18-10-19-16)20-12-8-7-11(22-3)9-13(12)23-4/h7-10H,5-6,17H2,1-4H3,(H,18,19,20). The van der Waals surface area contributed by atoms with E-state index in [9.17, 15) is 0 Å². The SMILES string of the molecule is CCN(CC)c1ncnc(Nc2ccc(OC)cc2OC)c1N. The zero-order chi connectivity index (χ0) is 16.8. The van der Waals surface area contributed by atoms with Crippen LogP contribution in [0.1, 0.15) is 13.8 Å². The molecule has 0 spiro atoms. The summed E-state index contributed by atoms with van der Waals surface area (Å²) < 4.78 is 10.6. The molecule has 0 unspecified atom stereocenters. The summed E-state index contributed by atoms with van der Waals surface area (Å²) in [4.78, 5) is 10.6. The van der Waals surface area contributed by atoms with Crippen LogP contribution in [0.2, 0.25) is 0 Å². The fourth-order valence-electron chi connectivity index (χ4n) is 2.29. The molecule has 2 aromatic rings. The van der Waals surface area contributed by atoms with Crippen LogP contribution in [0, 0.1) is 0 Å². The number of hydrogen-bond acceptors (Lipinski definition) is 7. The lowest BCUT2D eigenvalue weighted by Crippen LogP contribution is -2.24. The van der Waals surface area contributed by atoms with E-state index in [1.807, 2.05) is 12.1 Å². The van der Waals surface area contributed by atoms with E-state index >= 15 is 0 Å². The minimum atomic E-state index is 0.508. The van der Waals surface area contributed by atoms with Gasteiger partial charge >= 0.3 is 0 Å². The molecule has 3 N–H and O–H groups in total. The van der Waals surface area contributed by atoms with Crippen LogP contribution in [0.4, 0.5) is 23.0 Å². The largest absolute Gasteiger partial charge is 0.497 e. The van der Waals surface area contributed by atoms with Crippen molar-refractivity contribution in [2.24, 2.45) is 0 Å². The van der Waals surface area contributed by atoms with Crippen molar-refractivity contribution in [3.8, 4) is 11.5 Å². The van der Waals surface area contributed by atoms with Gasteiger partial charge in [0, 0.05) is 19.2 Å². The molecule has 124 valence electrons. The number of methoxy groups -OCH3 is 2. The van der Waals surface area contributed by atoms with Crippen molar-refractivity contribution in [1.82, 2.24) is 9.97 Å². The summed E-state index contributed by atoms with van der Waals surface area (Å²) in [7, 11) is 3.21. The summed E-state index contributed by atoms with van der Waals surface area (Å²) in [6.45, 7) is 5.77. The predicted molar refractivity (Wildman–Crippen MR) is 92.8 cm³/mol. The lowest BCUT2D eigenvalue weighted by molar-refractivity contribution is 0.395. The number of ether oxygens (including phenoxy) is 2. The summed E-state index contributed by atoms with van der Waals surface area (Å²) in [6, 6.07) is 5.49. The summed E-state index contributed by atoms with van der Waals surface area (Å²) in [5.74, 6) is 2.63. The van der Waals surface area contributed by atoms with E-state index in [1.165, 1.54) is 6.33 Å². The molecule has 7 nitrogen and oxygen atoms in total. The second-order valence-corrected chi connectivity index (χ2v) is 4.82. The fourth-order valence-corrected chi connectivity index (χ4v) is 2.29.